The number of rotatable bonds is 7. The van der Waals surface area contributed by atoms with Gasteiger partial charge in [0.15, 0.2) is 0 Å². The van der Waals surface area contributed by atoms with Crippen molar-refractivity contribution < 1.29 is 19.7 Å². The van der Waals surface area contributed by atoms with E-state index in [-0.39, 0.29) is 35.0 Å². The van der Waals surface area contributed by atoms with E-state index in [0.29, 0.717) is 18.7 Å². The lowest BCUT2D eigenvalue weighted by atomic mass is 9.85. The van der Waals surface area contributed by atoms with Gasteiger partial charge in [-0.15, -0.1) is 0 Å². The standard InChI is InChI=1S/C21H27NO5/c1-13(2)17(12-19(25)27-4)20-18(24)11-14(3)22(21(20)26)10-9-15-5-7-16(23)8-6-15/h5-8,11,13,17,23-24H,9-10,12H2,1-4H3/t17-/m1/s1. The Morgan fingerprint density at radius 3 is 2.37 bits per heavy atom. The van der Waals surface area contributed by atoms with Gasteiger partial charge in [0, 0.05) is 18.2 Å². The Bertz CT molecular complexity index is 852. The Hall–Kier alpha value is -2.76. The van der Waals surface area contributed by atoms with E-state index in [1.54, 1.807) is 29.7 Å². The Labute approximate surface area is 159 Å². The fourth-order valence-corrected chi connectivity index (χ4v) is 3.23. The van der Waals surface area contributed by atoms with Crippen LogP contribution >= 0.6 is 0 Å². The van der Waals surface area contributed by atoms with Gasteiger partial charge in [-0.05, 0) is 43.0 Å². The molecule has 0 fully saturated rings. The van der Waals surface area contributed by atoms with Crippen LogP contribution in [0.25, 0.3) is 0 Å². The summed E-state index contributed by atoms with van der Waals surface area (Å²) >= 11 is 0. The van der Waals surface area contributed by atoms with Gasteiger partial charge in [0.05, 0.1) is 19.1 Å². The second kappa shape index (κ2) is 8.75. The van der Waals surface area contributed by atoms with E-state index in [1.165, 1.54) is 7.11 Å². The number of hydrogen-bond acceptors (Lipinski definition) is 5. The highest BCUT2D eigenvalue weighted by Gasteiger charge is 2.27. The minimum atomic E-state index is -0.425. The summed E-state index contributed by atoms with van der Waals surface area (Å²) < 4.78 is 6.37. The van der Waals surface area contributed by atoms with Gasteiger partial charge >= 0.3 is 5.97 Å². The van der Waals surface area contributed by atoms with Crippen molar-refractivity contribution in [1.29, 1.82) is 0 Å². The van der Waals surface area contributed by atoms with Crippen LogP contribution in [0.2, 0.25) is 0 Å². The number of phenolic OH excluding ortho intramolecular Hbond substituents is 1. The normalized spacial score (nSPS) is 12.2. The van der Waals surface area contributed by atoms with Crippen molar-refractivity contribution in [2.45, 2.75) is 46.1 Å². The molecular weight excluding hydrogens is 346 g/mol. The fourth-order valence-electron chi connectivity index (χ4n) is 3.23. The van der Waals surface area contributed by atoms with Crippen LogP contribution in [0, 0.1) is 12.8 Å². The molecule has 2 aromatic rings. The number of carbonyl (C=O) groups excluding carboxylic acids is 1. The molecular formula is C21H27NO5. The summed E-state index contributed by atoms with van der Waals surface area (Å²) in [7, 11) is 1.31. The predicted octanol–water partition coefficient (Wildman–Crippen LogP) is 3.11. The third-order valence-corrected chi connectivity index (χ3v) is 4.87. The maximum absolute atomic E-state index is 13.1. The molecule has 0 bridgehead atoms. The summed E-state index contributed by atoms with van der Waals surface area (Å²) in [6.45, 7) is 6.03. The van der Waals surface area contributed by atoms with Crippen LogP contribution < -0.4 is 5.56 Å². The lowest BCUT2D eigenvalue weighted by molar-refractivity contribution is -0.141. The van der Waals surface area contributed by atoms with Gasteiger partial charge in [0.2, 0.25) is 0 Å². The quantitative estimate of drug-likeness (QED) is 0.728. The predicted molar refractivity (Wildman–Crippen MR) is 103 cm³/mol. The second-order valence-electron chi connectivity index (χ2n) is 7.09. The number of esters is 1. The van der Waals surface area contributed by atoms with Gasteiger partial charge in [-0.2, -0.15) is 0 Å². The average Bonchev–Trinajstić information content (AvgIpc) is 2.61. The molecule has 6 nitrogen and oxygen atoms in total. The zero-order chi connectivity index (χ0) is 20.1. The number of nitrogens with zero attached hydrogens (tertiary/aromatic N) is 1. The number of phenols is 1. The number of carbonyl (C=O) groups is 1. The lowest BCUT2D eigenvalue weighted by Crippen LogP contribution is -2.30. The number of aromatic nitrogens is 1. The third kappa shape index (κ3) is 4.90. The molecule has 0 saturated carbocycles. The minimum Gasteiger partial charge on any atom is -0.508 e. The summed E-state index contributed by atoms with van der Waals surface area (Å²) in [5.41, 5.74) is 1.62. The van der Waals surface area contributed by atoms with Gasteiger partial charge in [0.25, 0.3) is 5.56 Å². The summed E-state index contributed by atoms with van der Waals surface area (Å²) in [6, 6.07) is 8.41. The molecule has 0 radical (unpaired) electrons. The van der Waals surface area contributed by atoms with Crippen LogP contribution in [0.4, 0.5) is 0 Å². The first-order valence-electron chi connectivity index (χ1n) is 9.02. The smallest absolute Gasteiger partial charge is 0.306 e. The van der Waals surface area contributed by atoms with E-state index in [0.717, 1.165) is 5.56 Å². The first-order valence-corrected chi connectivity index (χ1v) is 9.02. The Balaban J connectivity index is 2.38. The van der Waals surface area contributed by atoms with E-state index in [1.807, 2.05) is 26.0 Å². The Kier molecular flexibility index (Phi) is 6.66. The number of benzene rings is 1. The molecule has 1 atom stereocenters. The summed E-state index contributed by atoms with van der Waals surface area (Å²) in [4.78, 5) is 24.9. The zero-order valence-electron chi connectivity index (χ0n) is 16.2. The van der Waals surface area contributed by atoms with Gasteiger partial charge in [-0.25, -0.2) is 0 Å². The highest BCUT2D eigenvalue weighted by atomic mass is 16.5. The number of ether oxygens (including phenoxy) is 1. The number of aryl methyl sites for hydroxylation is 2. The van der Waals surface area contributed by atoms with E-state index in [4.69, 9.17) is 4.74 Å². The molecule has 27 heavy (non-hydrogen) atoms. The van der Waals surface area contributed by atoms with Crippen LogP contribution in [0.15, 0.2) is 35.1 Å². The van der Waals surface area contributed by atoms with E-state index >= 15 is 0 Å². The maximum Gasteiger partial charge on any atom is 0.306 e. The maximum atomic E-state index is 13.1. The fraction of sp³-hybridized carbons (Fsp3) is 0.429. The molecule has 0 spiro atoms. The first-order chi connectivity index (χ1) is 12.7. The van der Waals surface area contributed by atoms with Crippen LogP contribution in [0.5, 0.6) is 11.5 Å². The van der Waals surface area contributed by atoms with Gasteiger partial charge in [-0.3, -0.25) is 9.59 Å². The average molecular weight is 373 g/mol. The van der Waals surface area contributed by atoms with Gasteiger partial charge < -0.3 is 19.5 Å². The van der Waals surface area contributed by atoms with Crippen molar-refractivity contribution in [3.8, 4) is 11.5 Å². The SMILES string of the molecule is COC(=O)C[C@@H](c1c(O)cc(C)n(CCc2ccc(O)cc2)c1=O)C(C)C. The number of pyridine rings is 1. The second-order valence-corrected chi connectivity index (χ2v) is 7.09. The van der Waals surface area contributed by atoms with Crippen LogP contribution in [-0.4, -0.2) is 27.9 Å². The van der Waals surface area contributed by atoms with Crippen molar-refractivity contribution in [2.75, 3.05) is 7.11 Å². The van der Waals surface area contributed by atoms with E-state index < -0.39 is 11.9 Å². The van der Waals surface area contributed by atoms with Crippen LogP contribution in [0.3, 0.4) is 0 Å². The summed E-state index contributed by atoms with van der Waals surface area (Å²) in [6.07, 6.45) is 0.645. The largest absolute Gasteiger partial charge is 0.508 e. The topological polar surface area (TPSA) is 88.8 Å². The number of methoxy groups -OCH3 is 1. The molecule has 1 aromatic heterocycles. The van der Waals surface area contributed by atoms with E-state index in [2.05, 4.69) is 0 Å². The van der Waals surface area contributed by atoms with Crippen molar-refractivity contribution >= 4 is 5.97 Å². The molecule has 2 N–H and O–H groups in total. The summed E-state index contributed by atoms with van der Waals surface area (Å²) in [5, 5.41) is 19.8. The molecule has 0 aliphatic carbocycles. The van der Waals surface area contributed by atoms with Gasteiger partial charge in [-0.1, -0.05) is 26.0 Å². The highest BCUT2D eigenvalue weighted by molar-refractivity contribution is 5.70. The van der Waals surface area contributed by atoms with Crippen LogP contribution in [-0.2, 0) is 22.5 Å². The van der Waals surface area contributed by atoms with Crippen molar-refractivity contribution in [3.05, 3.63) is 57.5 Å². The lowest BCUT2D eigenvalue weighted by Gasteiger charge is -2.22. The molecule has 1 heterocycles. The minimum absolute atomic E-state index is 0.0176. The van der Waals surface area contributed by atoms with Crippen molar-refractivity contribution in [3.63, 3.8) is 0 Å². The zero-order valence-corrected chi connectivity index (χ0v) is 16.2. The van der Waals surface area contributed by atoms with Gasteiger partial charge in [0.1, 0.15) is 11.5 Å². The van der Waals surface area contributed by atoms with Crippen molar-refractivity contribution in [2.24, 2.45) is 5.92 Å². The molecule has 0 aliphatic heterocycles. The Morgan fingerprint density at radius 1 is 1.19 bits per heavy atom. The molecule has 2 rings (SSSR count). The molecule has 1 aromatic carbocycles. The van der Waals surface area contributed by atoms with Crippen LogP contribution in [0.1, 0.15) is 43.0 Å². The van der Waals surface area contributed by atoms with E-state index in [9.17, 15) is 19.8 Å². The van der Waals surface area contributed by atoms with Crippen molar-refractivity contribution in [1.82, 2.24) is 4.57 Å². The first kappa shape index (κ1) is 20.6. The molecule has 0 aliphatic rings. The molecule has 0 unspecified atom stereocenters. The molecule has 146 valence electrons. The number of aromatic hydroxyl groups is 2. The molecule has 6 heteroatoms. The molecule has 0 amide bonds. The monoisotopic (exact) mass is 373 g/mol. The Morgan fingerprint density at radius 2 is 1.81 bits per heavy atom. The number of hydrogen-bond donors (Lipinski definition) is 2. The summed E-state index contributed by atoms with van der Waals surface area (Å²) in [5.74, 6) is -0.743. The highest BCUT2D eigenvalue weighted by Crippen LogP contribution is 2.32. The third-order valence-electron chi connectivity index (χ3n) is 4.87. The molecule has 0 saturated heterocycles.